The Labute approximate surface area is 211 Å². The number of amides is 1. The van der Waals surface area contributed by atoms with Crippen LogP contribution in [0, 0.1) is 6.92 Å². The molecule has 3 rings (SSSR count). The maximum absolute atomic E-state index is 13.0. The lowest BCUT2D eigenvalue weighted by Crippen LogP contribution is -2.38. The molecule has 0 atom stereocenters. The van der Waals surface area contributed by atoms with E-state index in [1.54, 1.807) is 28.5 Å². The summed E-state index contributed by atoms with van der Waals surface area (Å²) in [4.78, 5) is 32.6. The van der Waals surface area contributed by atoms with Gasteiger partial charge in [-0.05, 0) is 57.5 Å². The molecule has 0 saturated carbocycles. The first kappa shape index (κ1) is 26.7. The van der Waals surface area contributed by atoms with Crippen molar-refractivity contribution in [3.05, 3.63) is 65.1 Å². The summed E-state index contributed by atoms with van der Waals surface area (Å²) in [6.45, 7) is 7.42. The number of aliphatic imine (C=N–C) groups is 1. The normalized spacial score (nSPS) is 12.6. The van der Waals surface area contributed by atoms with Gasteiger partial charge in [0, 0.05) is 37.5 Å². The van der Waals surface area contributed by atoms with Gasteiger partial charge in [-0.3, -0.25) is 4.79 Å². The van der Waals surface area contributed by atoms with Crippen LogP contribution in [0.1, 0.15) is 38.1 Å². The summed E-state index contributed by atoms with van der Waals surface area (Å²) in [6, 6.07) is 13.7. The van der Waals surface area contributed by atoms with Gasteiger partial charge in [0.1, 0.15) is 6.29 Å². The first-order valence-electron chi connectivity index (χ1n) is 11.9. The molecule has 0 radical (unpaired) electrons. The molecule has 1 aromatic carbocycles. The van der Waals surface area contributed by atoms with Crippen LogP contribution in [0.4, 0.5) is 5.82 Å². The Hall–Kier alpha value is -3.92. The Kier molecular flexibility index (Phi) is 9.40. The van der Waals surface area contributed by atoms with Crippen LogP contribution in [0.15, 0.2) is 58.7 Å². The number of hydrogen-bond acceptors (Lipinski definition) is 8. The predicted octanol–water partition coefficient (Wildman–Crippen LogP) is 2.70. The van der Waals surface area contributed by atoms with Gasteiger partial charge in [-0.15, -0.1) is 15.3 Å². The minimum Gasteiger partial charge on any atom is -0.402 e. The highest BCUT2D eigenvalue weighted by Gasteiger charge is 2.16. The highest BCUT2D eigenvalue weighted by atomic mass is 16.2. The summed E-state index contributed by atoms with van der Waals surface area (Å²) in [5.74, 6) is 1.07. The van der Waals surface area contributed by atoms with Crippen LogP contribution in [0.2, 0.25) is 0 Å². The minimum atomic E-state index is -0.0959. The Bertz CT molecular complexity index is 1250. The second kappa shape index (κ2) is 12.7. The molecule has 3 aromatic rings. The molecule has 2 aromatic heterocycles. The van der Waals surface area contributed by atoms with Crippen LogP contribution in [-0.2, 0) is 16.1 Å². The number of fused-ring (bicyclic) bond motifs is 1. The number of likely N-dealkylation sites (N-methyl/N-ethyl adjacent to an activating group) is 1. The number of allylic oxidation sites excluding steroid dienone is 2. The van der Waals surface area contributed by atoms with Crippen LogP contribution in [0.25, 0.3) is 5.65 Å². The summed E-state index contributed by atoms with van der Waals surface area (Å²) in [5.41, 5.74) is 10.1. The van der Waals surface area contributed by atoms with Crippen molar-refractivity contribution in [2.24, 2.45) is 10.7 Å². The first-order valence-corrected chi connectivity index (χ1v) is 11.9. The molecule has 10 heteroatoms. The minimum absolute atomic E-state index is 0.0635. The Balaban J connectivity index is 1.61. The molecule has 2 N–H and O–H groups in total. The van der Waals surface area contributed by atoms with Crippen molar-refractivity contribution >= 4 is 29.4 Å². The molecular formula is C26H34N8O2. The fraction of sp³-hybridized carbons (Fsp3) is 0.385. The topological polar surface area (TPSA) is 122 Å². The lowest BCUT2D eigenvalue weighted by Gasteiger charge is -2.24. The molecular weight excluding hydrogens is 456 g/mol. The van der Waals surface area contributed by atoms with E-state index >= 15 is 0 Å². The highest BCUT2D eigenvalue weighted by Crippen LogP contribution is 2.17. The quantitative estimate of drug-likeness (QED) is 0.306. The van der Waals surface area contributed by atoms with E-state index in [1.165, 1.54) is 5.56 Å². The second-order valence-corrected chi connectivity index (χ2v) is 8.80. The van der Waals surface area contributed by atoms with E-state index in [4.69, 9.17) is 5.73 Å². The summed E-state index contributed by atoms with van der Waals surface area (Å²) in [5, 5.41) is 12.5. The average molecular weight is 491 g/mol. The van der Waals surface area contributed by atoms with E-state index in [0.717, 1.165) is 18.4 Å². The van der Waals surface area contributed by atoms with Gasteiger partial charge >= 0.3 is 0 Å². The molecule has 0 aliphatic rings. The van der Waals surface area contributed by atoms with Crippen molar-refractivity contribution in [3.8, 4) is 0 Å². The van der Waals surface area contributed by atoms with E-state index < -0.39 is 0 Å². The van der Waals surface area contributed by atoms with Gasteiger partial charge < -0.3 is 20.3 Å². The van der Waals surface area contributed by atoms with Gasteiger partial charge in [0.25, 0.3) is 0 Å². The Morgan fingerprint density at radius 3 is 2.53 bits per heavy atom. The molecule has 0 spiro atoms. The lowest BCUT2D eigenvalue weighted by molar-refractivity contribution is -0.133. The molecule has 2 heterocycles. The molecule has 0 aliphatic carbocycles. The van der Waals surface area contributed by atoms with Gasteiger partial charge in [-0.25, -0.2) is 4.99 Å². The Morgan fingerprint density at radius 1 is 1.08 bits per heavy atom. The molecule has 0 aliphatic heterocycles. The second-order valence-electron chi connectivity index (χ2n) is 8.80. The van der Waals surface area contributed by atoms with Gasteiger partial charge in [0.2, 0.25) is 5.91 Å². The molecule has 10 nitrogen and oxygen atoms in total. The van der Waals surface area contributed by atoms with Crippen molar-refractivity contribution in [3.63, 3.8) is 0 Å². The molecule has 0 fully saturated rings. The zero-order valence-electron chi connectivity index (χ0n) is 21.4. The van der Waals surface area contributed by atoms with Crippen molar-refractivity contribution in [2.45, 2.75) is 40.2 Å². The third-order valence-corrected chi connectivity index (χ3v) is 5.88. The van der Waals surface area contributed by atoms with E-state index in [2.05, 4.69) is 37.3 Å². The largest absolute Gasteiger partial charge is 0.402 e. The number of carbonyl (C=O) groups is 2. The number of aromatic nitrogens is 4. The molecule has 0 saturated heterocycles. The summed E-state index contributed by atoms with van der Waals surface area (Å²) in [7, 11) is 2.00. The molecule has 36 heavy (non-hydrogen) atoms. The smallest absolute Gasteiger partial charge is 0.223 e. The number of aryl methyl sites for hydroxylation is 1. The van der Waals surface area contributed by atoms with Crippen LogP contribution in [0.3, 0.4) is 0 Å². The molecule has 190 valence electrons. The predicted molar refractivity (Wildman–Crippen MR) is 140 cm³/mol. The monoisotopic (exact) mass is 490 g/mol. The maximum atomic E-state index is 13.0. The third-order valence-electron chi connectivity index (χ3n) is 5.88. The Morgan fingerprint density at radius 2 is 1.83 bits per heavy atom. The summed E-state index contributed by atoms with van der Waals surface area (Å²) >= 11 is 0. The molecule has 0 unspecified atom stereocenters. The highest BCUT2D eigenvalue weighted by molar-refractivity contribution is 6.00. The third kappa shape index (κ3) is 7.29. The van der Waals surface area contributed by atoms with Crippen molar-refractivity contribution in [1.29, 1.82) is 0 Å². The van der Waals surface area contributed by atoms with Crippen LogP contribution < -0.4 is 5.73 Å². The molecule has 0 bridgehead atoms. The number of nitrogens with zero attached hydrogens (tertiary/aromatic N) is 7. The number of aldehydes is 1. The standard InChI is InChI=1S/C26H34N8O2/c1-19(27)23(20(2)28-24-11-12-25-30-29-21(3)34(25)31-24)10-13-26(36)33(16-17-35)15-14-32(4)18-22-8-6-5-7-9-22/h5-9,11-12,17H,10,13-16,18,27H2,1-4H3/b23-19-,28-20?. The fourth-order valence-electron chi connectivity index (χ4n) is 3.91. The number of carbonyl (C=O) groups excluding carboxylic acids is 2. The SMILES string of the molecule is CC(=Nc1ccc2nnc(C)n2n1)/C(CCC(=O)N(CC=O)CCN(C)Cc1ccccc1)=C(/C)N. The maximum Gasteiger partial charge on any atom is 0.223 e. The number of nitrogens with two attached hydrogens (primary N) is 1. The molecule has 1 amide bonds. The zero-order chi connectivity index (χ0) is 26.1. The first-order chi connectivity index (χ1) is 17.3. The lowest BCUT2D eigenvalue weighted by atomic mass is 10.0. The average Bonchev–Trinajstić information content (AvgIpc) is 3.22. The number of rotatable bonds is 12. The van der Waals surface area contributed by atoms with E-state index in [0.29, 0.717) is 48.2 Å². The number of benzene rings is 1. The van der Waals surface area contributed by atoms with Crippen LogP contribution in [-0.4, -0.2) is 74.2 Å². The van der Waals surface area contributed by atoms with Gasteiger partial charge in [-0.1, -0.05) is 30.3 Å². The van der Waals surface area contributed by atoms with Crippen molar-refractivity contribution in [1.82, 2.24) is 29.6 Å². The van der Waals surface area contributed by atoms with E-state index in [-0.39, 0.29) is 18.9 Å². The van der Waals surface area contributed by atoms with Crippen LogP contribution >= 0.6 is 0 Å². The van der Waals surface area contributed by atoms with Crippen molar-refractivity contribution < 1.29 is 9.59 Å². The van der Waals surface area contributed by atoms with E-state index in [1.807, 2.05) is 39.1 Å². The van der Waals surface area contributed by atoms with Crippen LogP contribution in [0.5, 0.6) is 0 Å². The van der Waals surface area contributed by atoms with Gasteiger partial charge in [0.05, 0.1) is 6.54 Å². The van der Waals surface area contributed by atoms with E-state index in [9.17, 15) is 9.59 Å². The summed E-state index contributed by atoms with van der Waals surface area (Å²) in [6.07, 6.45) is 1.41. The number of hydrogen-bond donors (Lipinski definition) is 1. The van der Waals surface area contributed by atoms with Crippen molar-refractivity contribution in [2.75, 3.05) is 26.7 Å². The fourth-order valence-corrected chi connectivity index (χ4v) is 3.91. The van der Waals surface area contributed by atoms with Gasteiger partial charge in [-0.2, -0.15) is 4.52 Å². The summed E-state index contributed by atoms with van der Waals surface area (Å²) < 4.78 is 1.63. The van der Waals surface area contributed by atoms with Gasteiger partial charge in [0.15, 0.2) is 17.3 Å². The zero-order valence-corrected chi connectivity index (χ0v) is 21.4.